The van der Waals surface area contributed by atoms with Crippen LogP contribution < -0.4 is 5.32 Å². The molecular weight excluding hydrogens is 379 g/mol. The normalized spacial score (nSPS) is 15.7. The molecule has 1 saturated carbocycles. The molecule has 1 heterocycles. The van der Waals surface area contributed by atoms with Crippen LogP contribution in [0.25, 0.3) is 5.69 Å². The predicted molar refractivity (Wildman–Crippen MR) is 92.4 cm³/mol. The Morgan fingerprint density at radius 3 is 2.39 bits per heavy atom. The highest BCUT2D eigenvalue weighted by molar-refractivity contribution is 5.91. The molecule has 28 heavy (non-hydrogen) atoms. The van der Waals surface area contributed by atoms with Gasteiger partial charge in [-0.25, -0.2) is 9.48 Å². The number of carbonyl (C=O) groups excluding carboxylic acids is 1. The molecule has 0 unspecified atom stereocenters. The number of halogens is 3. The first kappa shape index (κ1) is 19.9. The highest BCUT2D eigenvalue weighted by Crippen LogP contribution is 2.38. The van der Waals surface area contributed by atoms with Crippen LogP contribution in [0.2, 0.25) is 0 Å². The largest absolute Gasteiger partial charge is 0.478 e. The number of nitrogens with zero attached hydrogens (tertiary/aromatic N) is 2. The predicted octanol–water partition coefficient (Wildman–Crippen LogP) is 3.49. The summed E-state index contributed by atoms with van der Waals surface area (Å²) in [7, 11) is 1.56. The first-order valence-corrected chi connectivity index (χ1v) is 8.49. The first-order chi connectivity index (χ1) is 13.1. The molecule has 150 valence electrons. The lowest BCUT2D eigenvalue weighted by molar-refractivity contribution is -0.143. The lowest BCUT2D eigenvalue weighted by atomic mass is 9.77. The molecule has 0 atom stereocenters. The number of anilines is 1. The lowest BCUT2D eigenvalue weighted by Crippen LogP contribution is -2.42. The van der Waals surface area contributed by atoms with Gasteiger partial charge in [-0.2, -0.15) is 18.3 Å². The van der Waals surface area contributed by atoms with Crippen molar-refractivity contribution in [2.45, 2.75) is 37.5 Å². The summed E-state index contributed by atoms with van der Waals surface area (Å²) >= 11 is 0. The van der Waals surface area contributed by atoms with E-state index in [1.165, 1.54) is 24.3 Å². The zero-order chi connectivity index (χ0) is 20.5. The molecule has 0 aliphatic heterocycles. The summed E-state index contributed by atoms with van der Waals surface area (Å²) in [6, 6.07) is 5.49. The van der Waals surface area contributed by atoms with Crippen LogP contribution in [0.4, 0.5) is 18.9 Å². The van der Waals surface area contributed by atoms with E-state index in [2.05, 4.69) is 10.4 Å². The molecular formula is C18H18F3N3O4. The average Bonchev–Trinajstić information content (AvgIpc) is 3.04. The fourth-order valence-corrected chi connectivity index (χ4v) is 3.18. The van der Waals surface area contributed by atoms with Crippen molar-refractivity contribution in [3.8, 4) is 5.69 Å². The van der Waals surface area contributed by atoms with Gasteiger partial charge in [-0.1, -0.05) is 0 Å². The second kappa shape index (κ2) is 7.27. The number of benzene rings is 1. The van der Waals surface area contributed by atoms with Crippen molar-refractivity contribution in [2.24, 2.45) is 0 Å². The van der Waals surface area contributed by atoms with E-state index in [1.54, 1.807) is 7.11 Å². The van der Waals surface area contributed by atoms with Crippen molar-refractivity contribution in [3.63, 3.8) is 0 Å². The van der Waals surface area contributed by atoms with Gasteiger partial charge in [-0.3, -0.25) is 4.79 Å². The van der Waals surface area contributed by atoms with Crippen LogP contribution in [0.3, 0.4) is 0 Å². The van der Waals surface area contributed by atoms with E-state index in [9.17, 15) is 22.8 Å². The monoisotopic (exact) mass is 397 g/mol. The molecule has 0 bridgehead atoms. The van der Waals surface area contributed by atoms with Crippen LogP contribution in [0.15, 0.2) is 30.5 Å². The molecule has 7 nitrogen and oxygen atoms in total. The van der Waals surface area contributed by atoms with E-state index in [4.69, 9.17) is 9.84 Å². The molecule has 1 aromatic carbocycles. The molecule has 0 radical (unpaired) electrons. The van der Waals surface area contributed by atoms with Crippen molar-refractivity contribution >= 4 is 17.6 Å². The van der Waals surface area contributed by atoms with Crippen LogP contribution in [-0.4, -0.2) is 39.5 Å². The van der Waals surface area contributed by atoms with Crippen LogP contribution in [0.1, 0.15) is 41.7 Å². The van der Waals surface area contributed by atoms with Gasteiger partial charge < -0.3 is 15.2 Å². The van der Waals surface area contributed by atoms with E-state index >= 15 is 0 Å². The minimum atomic E-state index is -4.89. The number of carbonyl (C=O) groups is 2. The Morgan fingerprint density at radius 2 is 1.93 bits per heavy atom. The Bertz CT molecular complexity index is 881. The summed E-state index contributed by atoms with van der Waals surface area (Å²) in [5.41, 5.74) is -2.32. The SMILES string of the molecule is COC1(CC(=O)Nc2ccc(-n3ncc(C(=O)O)c3C(F)(F)F)cc2)CCC1. The lowest BCUT2D eigenvalue weighted by Gasteiger charge is -2.39. The number of rotatable bonds is 6. The highest BCUT2D eigenvalue weighted by Gasteiger charge is 2.41. The van der Waals surface area contributed by atoms with Gasteiger partial charge in [0.05, 0.1) is 23.9 Å². The summed E-state index contributed by atoms with van der Waals surface area (Å²) in [5, 5.41) is 15.2. The quantitative estimate of drug-likeness (QED) is 0.778. The van der Waals surface area contributed by atoms with Gasteiger partial charge in [0, 0.05) is 12.8 Å². The standard InChI is InChI=1S/C18H18F3N3O4/c1-28-17(7-2-8-17)9-14(25)23-11-3-5-12(6-4-11)24-15(18(19,20)21)13(10-22-24)16(26)27/h3-6,10H,2,7-9H2,1H3,(H,23,25)(H,26,27). The summed E-state index contributed by atoms with van der Waals surface area (Å²) in [5.74, 6) is -1.97. The number of nitrogens with one attached hydrogen (secondary N) is 1. The minimum absolute atomic E-state index is 0.0187. The molecule has 2 aromatic rings. The molecule has 1 amide bonds. The number of aromatic carboxylic acids is 1. The van der Waals surface area contributed by atoms with E-state index in [0.29, 0.717) is 16.6 Å². The van der Waals surface area contributed by atoms with Crippen LogP contribution in [0.5, 0.6) is 0 Å². The molecule has 1 aromatic heterocycles. The van der Waals surface area contributed by atoms with Gasteiger partial charge in [-0.15, -0.1) is 0 Å². The maximum Gasteiger partial charge on any atom is 0.434 e. The molecule has 3 rings (SSSR count). The number of alkyl halides is 3. The van der Waals surface area contributed by atoms with Crippen molar-refractivity contribution in [3.05, 3.63) is 41.7 Å². The molecule has 10 heteroatoms. The van der Waals surface area contributed by atoms with Gasteiger partial charge in [0.2, 0.25) is 5.91 Å². The Morgan fingerprint density at radius 1 is 1.29 bits per heavy atom. The third kappa shape index (κ3) is 3.86. The van der Waals surface area contributed by atoms with Crippen LogP contribution in [-0.2, 0) is 15.7 Å². The number of hydrogen-bond donors (Lipinski definition) is 2. The summed E-state index contributed by atoms with van der Waals surface area (Å²) < 4.78 is 45.7. The summed E-state index contributed by atoms with van der Waals surface area (Å²) in [6.45, 7) is 0. The van der Waals surface area contributed by atoms with E-state index in [1.807, 2.05) is 0 Å². The van der Waals surface area contributed by atoms with Crippen molar-refractivity contribution in [1.82, 2.24) is 9.78 Å². The van der Waals surface area contributed by atoms with E-state index < -0.39 is 29.0 Å². The van der Waals surface area contributed by atoms with Gasteiger partial charge >= 0.3 is 12.1 Å². The second-order valence-electron chi connectivity index (χ2n) is 6.63. The van der Waals surface area contributed by atoms with Crippen molar-refractivity contribution < 1.29 is 32.6 Å². The zero-order valence-electron chi connectivity index (χ0n) is 14.9. The van der Waals surface area contributed by atoms with Gasteiger partial charge in [0.25, 0.3) is 0 Å². The van der Waals surface area contributed by atoms with E-state index in [-0.39, 0.29) is 18.0 Å². The van der Waals surface area contributed by atoms with Gasteiger partial charge in [0.1, 0.15) is 5.56 Å². The highest BCUT2D eigenvalue weighted by atomic mass is 19.4. The number of hydrogen-bond acceptors (Lipinski definition) is 4. The number of aromatic nitrogens is 2. The Kier molecular flexibility index (Phi) is 5.16. The smallest absolute Gasteiger partial charge is 0.434 e. The van der Waals surface area contributed by atoms with E-state index in [0.717, 1.165) is 19.3 Å². The maximum atomic E-state index is 13.3. The Labute approximate surface area is 158 Å². The van der Waals surface area contributed by atoms with Crippen molar-refractivity contribution in [2.75, 3.05) is 12.4 Å². The number of carboxylic acid groups (broad SMARTS) is 1. The van der Waals surface area contributed by atoms with Gasteiger partial charge in [-0.05, 0) is 43.5 Å². The zero-order valence-corrected chi connectivity index (χ0v) is 14.9. The van der Waals surface area contributed by atoms with Gasteiger partial charge in [0.15, 0.2) is 5.69 Å². The fourth-order valence-electron chi connectivity index (χ4n) is 3.18. The third-order valence-corrected chi connectivity index (χ3v) is 4.84. The molecule has 1 fully saturated rings. The Hall–Kier alpha value is -2.88. The topological polar surface area (TPSA) is 93.5 Å². The van der Waals surface area contributed by atoms with Crippen LogP contribution >= 0.6 is 0 Å². The minimum Gasteiger partial charge on any atom is -0.478 e. The Balaban J connectivity index is 1.78. The number of carboxylic acids is 1. The second-order valence-corrected chi connectivity index (χ2v) is 6.63. The number of ether oxygens (including phenoxy) is 1. The van der Waals surface area contributed by atoms with Crippen LogP contribution in [0, 0.1) is 0 Å². The number of amides is 1. The summed E-state index contributed by atoms with van der Waals surface area (Å²) in [4.78, 5) is 23.2. The molecule has 1 aliphatic rings. The average molecular weight is 397 g/mol. The van der Waals surface area contributed by atoms with Crippen molar-refractivity contribution in [1.29, 1.82) is 0 Å². The maximum absolute atomic E-state index is 13.3. The number of methoxy groups -OCH3 is 1. The first-order valence-electron chi connectivity index (χ1n) is 8.49. The molecule has 2 N–H and O–H groups in total. The molecule has 0 spiro atoms. The molecule has 0 saturated heterocycles. The fraction of sp³-hybridized carbons (Fsp3) is 0.389. The third-order valence-electron chi connectivity index (χ3n) is 4.84. The molecule has 1 aliphatic carbocycles. The summed E-state index contributed by atoms with van der Waals surface area (Å²) in [6.07, 6.45) is -1.43.